The van der Waals surface area contributed by atoms with Crippen LogP contribution in [0.5, 0.6) is 0 Å². The van der Waals surface area contributed by atoms with Crippen molar-refractivity contribution in [1.29, 1.82) is 0 Å². The van der Waals surface area contributed by atoms with Gasteiger partial charge in [-0.05, 0) is 43.8 Å². The maximum atomic E-state index is 13.1. The van der Waals surface area contributed by atoms with Crippen molar-refractivity contribution in [1.82, 2.24) is 14.7 Å². The smallest absolute Gasteiger partial charge is 0.369 e. The van der Waals surface area contributed by atoms with Crippen LogP contribution in [0.1, 0.15) is 24.0 Å². The molecule has 0 aliphatic carbocycles. The first-order chi connectivity index (χ1) is 17.2. The molecule has 2 aromatic rings. The largest absolute Gasteiger partial charge is 0.430 e. The minimum absolute atomic E-state index is 0.167. The molecule has 1 aliphatic rings. The minimum atomic E-state index is -5.92. The van der Waals surface area contributed by atoms with Gasteiger partial charge >= 0.3 is 12.4 Å². The summed E-state index contributed by atoms with van der Waals surface area (Å²) >= 11 is 0. The molecule has 11 heteroatoms. The van der Waals surface area contributed by atoms with Gasteiger partial charge < -0.3 is 14.9 Å². The lowest BCUT2D eigenvalue weighted by Crippen LogP contribution is -2.53. The molecule has 1 fully saturated rings. The van der Waals surface area contributed by atoms with E-state index in [1.54, 1.807) is 12.1 Å². The number of nitrogens with zero attached hydrogens (tertiary/aromatic N) is 3. The molecule has 3 rings (SSSR count). The molecular weight excluding hydrogens is 500 g/mol. The second kappa shape index (κ2) is 11.4. The molecule has 0 saturated carbocycles. The van der Waals surface area contributed by atoms with Crippen molar-refractivity contribution in [2.75, 3.05) is 46.8 Å². The highest BCUT2D eigenvalue weighted by Crippen LogP contribution is 2.50. The third-order valence-corrected chi connectivity index (χ3v) is 6.54. The summed E-state index contributed by atoms with van der Waals surface area (Å²) in [6.45, 7) is 4.33. The maximum absolute atomic E-state index is 13.1. The minimum Gasteiger partial charge on any atom is -0.369 e. The van der Waals surface area contributed by atoms with E-state index in [4.69, 9.17) is 0 Å². The van der Waals surface area contributed by atoms with Gasteiger partial charge in [0.05, 0.1) is 0 Å². The van der Waals surface area contributed by atoms with Crippen LogP contribution >= 0.6 is 0 Å². The highest BCUT2D eigenvalue weighted by atomic mass is 19.4. The molecule has 37 heavy (non-hydrogen) atoms. The van der Waals surface area contributed by atoms with Crippen LogP contribution in [-0.2, 0) is 16.9 Å². The number of benzene rings is 2. The molecule has 1 aliphatic heterocycles. The van der Waals surface area contributed by atoms with E-state index in [1.807, 2.05) is 36.0 Å². The Bertz CT molecular complexity index is 1010. The van der Waals surface area contributed by atoms with Gasteiger partial charge in [-0.3, -0.25) is 9.69 Å². The Hall–Kier alpha value is -2.63. The molecule has 0 aromatic heterocycles. The van der Waals surface area contributed by atoms with E-state index in [1.165, 1.54) is 0 Å². The Morgan fingerprint density at radius 1 is 0.838 bits per heavy atom. The van der Waals surface area contributed by atoms with Crippen molar-refractivity contribution < 1.29 is 36.2 Å². The van der Waals surface area contributed by atoms with Crippen molar-refractivity contribution in [3.05, 3.63) is 59.7 Å². The van der Waals surface area contributed by atoms with Crippen LogP contribution in [0, 0.1) is 0 Å². The van der Waals surface area contributed by atoms with Crippen molar-refractivity contribution in [2.45, 2.75) is 37.3 Å². The van der Waals surface area contributed by atoms with E-state index in [9.17, 15) is 36.2 Å². The summed E-state index contributed by atoms with van der Waals surface area (Å²) in [6.07, 6.45) is -10.5. The Balaban J connectivity index is 1.58. The van der Waals surface area contributed by atoms with Crippen LogP contribution in [0.2, 0.25) is 0 Å². The molecule has 0 spiro atoms. The molecular formula is C26H31F6N3O2. The summed E-state index contributed by atoms with van der Waals surface area (Å²) in [5.41, 5.74) is -4.20. The summed E-state index contributed by atoms with van der Waals surface area (Å²) in [5.74, 6) is 0.167. The van der Waals surface area contributed by atoms with Crippen molar-refractivity contribution >= 4 is 5.91 Å². The van der Waals surface area contributed by atoms with Gasteiger partial charge in [-0.1, -0.05) is 48.5 Å². The zero-order valence-corrected chi connectivity index (χ0v) is 20.7. The van der Waals surface area contributed by atoms with E-state index < -0.39 is 23.5 Å². The van der Waals surface area contributed by atoms with Gasteiger partial charge in [0.1, 0.15) is 0 Å². The molecule has 0 bridgehead atoms. The first-order valence-electron chi connectivity index (χ1n) is 11.9. The summed E-state index contributed by atoms with van der Waals surface area (Å²) in [7, 11) is 3.95. The third kappa shape index (κ3) is 6.82. The number of hydrogen-bond donors (Lipinski definition) is 1. The van der Waals surface area contributed by atoms with Crippen LogP contribution < -0.4 is 0 Å². The number of hydrogen-bond acceptors (Lipinski definition) is 4. The lowest BCUT2D eigenvalue weighted by atomic mass is 9.90. The standard InChI is InChI=1S/C26H31F6N3O2/c1-33(2)13-3-4-23(36)35-16-14-34(15-17-35)18-19-5-7-20(8-6-19)21-9-11-22(12-10-21)24(37,25(27,28)29)26(30,31)32/h5-12,37H,3-4,13-18H2,1-2H3. The monoisotopic (exact) mass is 531 g/mol. The van der Waals surface area contributed by atoms with E-state index >= 15 is 0 Å². The number of alkyl halides is 6. The summed E-state index contributed by atoms with van der Waals surface area (Å²) in [5, 5.41) is 9.54. The Morgan fingerprint density at radius 3 is 1.78 bits per heavy atom. The third-order valence-electron chi connectivity index (χ3n) is 6.54. The Kier molecular flexibility index (Phi) is 8.92. The fraction of sp³-hybridized carbons (Fsp3) is 0.500. The molecule has 1 saturated heterocycles. The lowest BCUT2D eigenvalue weighted by Gasteiger charge is -2.35. The van der Waals surface area contributed by atoms with E-state index in [-0.39, 0.29) is 5.91 Å². The number of carbonyl (C=O) groups is 1. The number of aliphatic hydroxyl groups is 1. The molecule has 204 valence electrons. The van der Waals surface area contributed by atoms with Crippen molar-refractivity contribution in [2.24, 2.45) is 0 Å². The average molecular weight is 532 g/mol. The van der Waals surface area contributed by atoms with Crippen molar-refractivity contribution in [3.63, 3.8) is 0 Å². The lowest BCUT2D eigenvalue weighted by molar-refractivity contribution is -0.376. The number of halogens is 6. The van der Waals surface area contributed by atoms with E-state index in [0.29, 0.717) is 49.3 Å². The van der Waals surface area contributed by atoms with Crippen LogP contribution in [0.15, 0.2) is 48.5 Å². The topological polar surface area (TPSA) is 47.0 Å². The fourth-order valence-corrected chi connectivity index (χ4v) is 4.31. The zero-order valence-electron chi connectivity index (χ0n) is 20.7. The summed E-state index contributed by atoms with van der Waals surface area (Å²) in [4.78, 5) is 18.5. The SMILES string of the molecule is CN(C)CCCC(=O)N1CCN(Cc2ccc(-c3ccc(C(O)(C(F)(F)F)C(F)(F)F)cc3)cc2)CC1. The molecule has 0 atom stereocenters. The highest BCUT2D eigenvalue weighted by molar-refractivity contribution is 5.76. The number of piperazine rings is 1. The number of amides is 1. The molecule has 1 heterocycles. The first-order valence-corrected chi connectivity index (χ1v) is 11.9. The van der Waals surface area contributed by atoms with Crippen molar-refractivity contribution in [3.8, 4) is 11.1 Å². The van der Waals surface area contributed by atoms with Gasteiger partial charge in [-0.2, -0.15) is 26.3 Å². The molecule has 0 radical (unpaired) electrons. The van der Waals surface area contributed by atoms with Gasteiger partial charge in [0, 0.05) is 44.7 Å². The van der Waals surface area contributed by atoms with Crippen LogP contribution in [-0.4, -0.2) is 84.9 Å². The molecule has 1 N–H and O–H groups in total. The number of carbonyl (C=O) groups excluding carboxylic acids is 1. The number of rotatable bonds is 8. The fourth-order valence-electron chi connectivity index (χ4n) is 4.31. The Morgan fingerprint density at radius 2 is 1.32 bits per heavy atom. The predicted octanol–water partition coefficient (Wildman–Crippen LogP) is 4.65. The maximum Gasteiger partial charge on any atom is 0.430 e. The zero-order chi connectivity index (χ0) is 27.4. The van der Waals surface area contributed by atoms with Crippen LogP contribution in [0.4, 0.5) is 26.3 Å². The van der Waals surface area contributed by atoms with Gasteiger partial charge in [0.2, 0.25) is 5.91 Å². The second-order valence-electron chi connectivity index (χ2n) is 9.54. The summed E-state index contributed by atoms with van der Waals surface area (Å²) < 4.78 is 78.5. The highest BCUT2D eigenvalue weighted by Gasteiger charge is 2.71. The average Bonchev–Trinajstić information content (AvgIpc) is 2.83. The van der Waals surface area contributed by atoms with Gasteiger partial charge in [-0.15, -0.1) is 0 Å². The first kappa shape index (κ1) is 28.9. The van der Waals surface area contributed by atoms with Crippen LogP contribution in [0.25, 0.3) is 11.1 Å². The van der Waals surface area contributed by atoms with E-state index in [2.05, 4.69) is 4.90 Å². The Labute approximate surface area is 212 Å². The molecule has 2 aromatic carbocycles. The molecule has 1 amide bonds. The molecule has 0 unspecified atom stereocenters. The molecule has 5 nitrogen and oxygen atoms in total. The van der Waals surface area contributed by atoms with Gasteiger partial charge in [0.25, 0.3) is 5.60 Å². The second-order valence-corrected chi connectivity index (χ2v) is 9.54. The predicted molar refractivity (Wildman–Crippen MR) is 128 cm³/mol. The van der Waals surface area contributed by atoms with Gasteiger partial charge in [-0.25, -0.2) is 0 Å². The van der Waals surface area contributed by atoms with Gasteiger partial charge in [0.15, 0.2) is 0 Å². The van der Waals surface area contributed by atoms with Crippen LogP contribution in [0.3, 0.4) is 0 Å². The summed E-state index contributed by atoms with van der Waals surface area (Å²) in [6, 6.07) is 10.7. The quantitative estimate of drug-likeness (QED) is 0.504. The van der Waals surface area contributed by atoms with E-state index in [0.717, 1.165) is 43.8 Å². The normalized spacial score (nSPS) is 15.9.